The summed E-state index contributed by atoms with van der Waals surface area (Å²) < 4.78 is 0. The lowest BCUT2D eigenvalue weighted by molar-refractivity contribution is -0.139. The zero-order chi connectivity index (χ0) is 33.5. The van der Waals surface area contributed by atoms with Crippen LogP contribution in [0.4, 0.5) is 0 Å². The molecule has 0 radical (unpaired) electrons. The largest absolute Gasteiger partial charge is 0.480 e. The van der Waals surface area contributed by atoms with Crippen LogP contribution in [0.25, 0.3) is 11.1 Å². The molecule has 1 fully saturated rings. The first-order valence-corrected chi connectivity index (χ1v) is 20.4. The first kappa shape index (κ1) is 38.1. The van der Waals surface area contributed by atoms with E-state index in [0.717, 1.165) is 46.9 Å². The predicted octanol–water partition coefficient (Wildman–Crippen LogP) is 8.54. The van der Waals surface area contributed by atoms with Crippen molar-refractivity contribution in [3.63, 3.8) is 0 Å². The Morgan fingerprint density at radius 3 is 2.17 bits per heavy atom. The van der Waals surface area contributed by atoms with Crippen molar-refractivity contribution in [3.8, 4) is 11.1 Å². The van der Waals surface area contributed by atoms with Crippen molar-refractivity contribution < 1.29 is 14.7 Å². The van der Waals surface area contributed by atoms with Crippen LogP contribution in [-0.4, -0.2) is 76.0 Å². The third kappa shape index (κ3) is 11.7. The minimum Gasteiger partial charge on any atom is -0.480 e. The van der Waals surface area contributed by atoms with Crippen molar-refractivity contribution in [2.45, 2.75) is 71.1 Å². The van der Waals surface area contributed by atoms with E-state index in [-0.39, 0.29) is 5.91 Å². The summed E-state index contributed by atoms with van der Waals surface area (Å²) >= 11 is 5.38. The SMILES string of the molecule is CSCC(C)C.CSCCC(NC(=O)c1ccc(CN2C(CSC)CCC2Cc2ccccc2)cc1-c1ccccc1C)C(=O)O. The highest BCUT2D eigenvalue weighted by Crippen LogP contribution is 2.33. The zero-order valence-electron chi connectivity index (χ0n) is 28.3. The average molecular weight is 681 g/mol. The molecule has 2 N–H and O–H groups in total. The van der Waals surface area contributed by atoms with Crippen LogP contribution in [0.5, 0.6) is 0 Å². The normalized spacial score (nSPS) is 16.9. The molecule has 8 heteroatoms. The first-order valence-electron chi connectivity index (χ1n) is 16.2. The number of aryl methyl sites for hydroxylation is 1. The topological polar surface area (TPSA) is 69.6 Å². The Labute approximate surface area is 290 Å². The molecule has 3 aromatic rings. The quantitative estimate of drug-likeness (QED) is 0.167. The molecule has 1 saturated heterocycles. The third-order valence-electron chi connectivity index (χ3n) is 8.29. The molecule has 1 amide bonds. The van der Waals surface area contributed by atoms with Crippen molar-refractivity contribution in [1.82, 2.24) is 10.2 Å². The maximum Gasteiger partial charge on any atom is 0.326 e. The molecule has 3 aromatic carbocycles. The van der Waals surface area contributed by atoms with E-state index in [0.29, 0.717) is 29.8 Å². The van der Waals surface area contributed by atoms with Gasteiger partial charge < -0.3 is 10.4 Å². The number of hydrogen-bond acceptors (Lipinski definition) is 6. The lowest BCUT2D eigenvalue weighted by Gasteiger charge is -2.30. The van der Waals surface area contributed by atoms with Gasteiger partial charge in [0, 0.05) is 29.9 Å². The summed E-state index contributed by atoms with van der Waals surface area (Å²) in [5, 5.41) is 12.5. The highest BCUT2D eigenvalue weighted by atomic mass is 32.2. The van der Waals surface area contributed by atoms with Crippen molar-refractivity contribution in [2.24, 2.45) is 5.92 Å². The summed E-state index contributed by atoms with van der Waals surface area (Å²) in [4.78, 5) is 28.0. The monoisotopic (exact) mass is 680 g/mol. The van der Waals surface area contributed by atoms with Crippen molar-refractivity contribution in [2.75, 3.05) is 36.0 Å². The van der Waals surface area contributed by atoms with Gasteiger partial charge in [-0.25, -0.2) is 4.79 Å². The van der Waals surface area contributed by atoms with Gasteiger partial charge in [-0.2, -0.15) is 35.3 Å². The number of carboxylic acid groups (broad SMARTS) is 1. The van der Waals surface area contributed by atoms with Crippen LogP contribution in [0.3, 0.4) is 0 Å². The van der Waals surface area contributed by atoms with E-state index in [1.54, 1.807) is 11.8 Å². The Morgan fingerprint density at radius 1 is 0.870 bits per heavy atom. The minimum absolute atomic E-state index is 0.346. The van der Waals surface area contributed by atoms with Gasteiger partial charge in [0.2, 0.25) is 0 Å². The Kier molecular flexibility index (Phi) is 16.6. The molecule has 1 aliphatic rings. The van der Waals surface area contributed by atoms with Crippen LogP contribution in [0.15, 0.2) is 72.8 Å². The molecular weight excluding hydrogens is 629 g/mol. The standard InChI is InChI=1S/C33H40N2O3S2.C5H12S/c1-23-9-7-8-12-28(23)30-20-25(13-16-29(30)32(36)34-31(33(37)38)17-18-39-2)21-35-26(14-15-27(35)22-40-3)19-24-10-5-4-6-11-24;1-5(2)4-6-3/h4-13,16,20,26-27,31H,14-15,17-19,21-22H2,1-3H3,(H,34,36)(H,37,38);5H,4H2,1-3H3. The average Bonchev–Trinajstić information content (AvgIpc) is 3.40. The second kappa shape index (κ2) is 20.1. The second-order valence-electron chi connectivity index (χ2n) is 12.4. The van der Waals surface area contributed by atoms with Crippen molar-refractivity contribution >= 4 is 47.2 Å². The number of likely N-dealkylation sites (tertiary alicyclic amines) is 1. The van der Waals surface area contributed by atoms with Crippen LogP contribution in [0.1, 0.15) is 60.2 Å². The van der Waals surface area contributed by atoms with Crippen LogP contribution in [-0.2, 0) is 17.8 Å². The predicted molar refractivity (Wildman–Crippen MR) is 203 cm³/mol. The fourth-order valence-electron chi connectivity index (χ4n) is 6.01. The summed E-state index contributed by atoms with van der Waals surface area (Å²) in [5.74, 6) is 2.57. The van der Waals surface area contributed by atoms with Crippen LogP contribution >= 0.6 is 35.3 Å². The summed E-state index contributed by atoms with van der Waals surface area (Å²) in [6.45, 7) is 7.33. The van der Waals surface area contributed by atoms with Crippen molar-refractivity contribution in [1.29, 1.82) is 0 Å². The van der Waals surface area contributed by atoms with Gasteiger partial charge >= 0.3 is 5.97 Å². The van der Waals surface area contributed by atoms with Gasteiger partial charge in [-0.3, -0.25) is 9.69 Å². The molecule has 46 heavy (non-hydrogen) atoms. The number of benzene rings is 3. The van der Waals surface area contributed by atoms with Gasteiger partial charge in [0.05, 0.1) is 0 Å². The number of carbonyl (C=O) groups excluding carboxylic acids is 1. The van der Waals surface area contributed by atoms with Crippen molar-refractivity contribution in [3.05, 3.63) is 95.1 Å². The van der Waals surface area contributed by atoms with E-state index in [1.807, 2.05) is 73.1 Å². The van der Waals surface area contributed by atoms with E-state index in [2.05, 4.69) is 73.0 Å². The van der Waals surface area contributed by atoms with Crippen LogP contribution in [0.2, 0.25) is 0 Å². The molecule has 1 heterocycles. The van der Waals surface area contributed by atoms with Crippen LogP contribution in [0, 0.1) is 12.8 Å². The molecule has 3 atom stereocenters. The third-order valence-corrected chi connectivity index (χ3v) is 10.6. The van der Waals surface area contributed by atoms with Gasteiger partial charge in [0.1, 0.15) is 6.04 Å². The molecule has 3 unspecified atom stereocenters. The lowest BCUT2D eigenvalue weighted by atomic mass is 9.93. The second-order valence-corrected chi connectivity index (χ2v) is 15.2. The van der Waals surface area contributed by atoms with Gasteiger partial charge in [-0.1, -0.05) is 74.5 Å². The Hall–Kier alpha value is -2.39. The summed E-state index contributed by atoms with van der Waals surface area (Å²) in [7, 11) is 0. The molecule has 0 saturated carbocycles. The lowest BCUT2D eigenvalue weighted by Crippen LogP contribution is -2.41. The van der Waals surface area contributed by atoms with E-state index in [1.165, 1.54) is 24.2 Å². The van der Waals surface area contributed by atoms with Gasteiger partial charge in [0.15, 0.2) is 0 Å². The number of aliphatic carboxylic acids is 1. The van der Waals surface area contributed by atoms with E-state index < -0.39 is 12.0 Å². The van der Waals surface area contributed by atoms with Gasteiger partial charge in [-0.15, -0.1) is 0 Å². The van der Waals surface area contributed by atoms with E-state index >= 15 is 0 Å². The smallest absolute Gasteiger partial charge is 0.326 e. The Balaban J connectivity index is 0.000000875. The molecule has 0 spiro atoms. The maximum absolute atomic E-state index is 13.5. The highest BCUT2D eigenvalue weighted by molar-refractivity contribution is 7.99. The summed E-state index contributed by atoms with van der Waals surface area (Å²) in [5.41, 5.74) is 5.96. The Morgan fingerprint density at radius 2 is 1.57 bits per heavy atom. The molecule has 4 rings (SSSR count). The summed E-state index contributed by atoms with van der Waals surface area (Å²) in [6, 6.07) is 24.9. The minimum atomic E-state index is -1.00. The molecule has 5 nitrogen and oxygen atoms in total. The molecule has 250 valence electrons. The zero-order valence-corrected chi connectivity index (χ0v) is 30.8. The number of thioether (sulfide) groups is 3. The van der Waals surface area contributed by atoms with E-state index in [9.17, 15) is 14.7 Å². The molecule has 0 aliphatic carbocycles. The number of carboxylic acids is 1. The number of hydrogen-bond donors (Lipinski definition) is 2. The fraction of sp³-hybridized carbons (Fsp3) is 0.474. The Bertz CT molecular complexity index is 1370. The number of amides is 1. The van der Waals surface area contributed by atoms with Gasteiger partial charge in [-0.05, 0) is 109 Å². The molecule has 0 bridgehead atoms. The van der Waals surface area contributed by atoms with E-state index in [4.69, 9.17) is 0 Å². The molecule has 1 aliphatic heterocycles. The fourth-order valence-corrected chi connectivity index (χ4v) is 7.89. The highest BCUT2D eigenvalue weighted by Gasteiger charge is 2.33. The first-order chi connectivity index (χ1) is 22.2. The number of rotatable bonds is 15. The van der Waals surface area contributed by atoms with Gasteiger partial charge in [0.25, 0.3) is 5.91 Å². The molecular formula is C38H52N2O3S3. The number of carbonyl (C=O) groups is 2. The number of nitrogens with zero attached hydrogens (tertiary/aromatic N) is 1. The maximum atomic E-state index is 13.5. The summed E-state index contributed by atoms with van der Waals surface area (Å²) in [6.07, 6.45) is 10.0. The molecule has 0 aromatic heterocycles. The number of nitrogens with one attached hydrogen (secondary N) is 1. The van der Waals surface area contributed by atoms with Crippen LogP contribution < -0.4 is 5.32 Å².